The van der Waals surface area contributed by atoms with E-state index in [9.17, 15) is 21.6 Å². The lowest BCUT2D eigenvalue weighted by molar-refractivity contribution is -0.750. The highest BCUT2D eigenvalue weighted by molar-refractivity contribution is 7.85. The normalized spacial score (nSPS) is 11.4. The van der Waals surface area contributed by atoms with Crippen LogP contribution in [0.25, 0.3) is 11.4 Å². The van der Waals surface area contributed by atoms with E-state index in [2.05, 4.69) is 15.1 Å². The van der Waals surface area contributed by atoms with E-state index in [0.29, 0.717) is 17.2 Å². The summed E-state index contributed by atoms with van der Waals surface area (Å²) >= 11 is 0. The number of aryl methyl sites for hydroxylation is 1. The van der Waals surface area contributed by atoms with Gasteiger partial charge in [-0.1, -0.05) is 4.68 Å². The number of aliphatic carboxylic acids is 1. The quantitative estimate of drug-likeness (QED) is 0.468. The van der Waals surface area contributed by atoms with Gasteiger partial charge >= 0.3 is 6.18 Å². The molecule has 2 heterocycles. The first kappa shape index (κ1) is 21.2. The zero-order chi connectivity index (χ0) is 20.0. The molecule has 3 N–H and O–H groups in total. The van der Waals surface area contributed by atoms with Crippen LogP contribution in [0.5, 0.6) is 0 Å². The van der Waals surface area contributed by atoms with Crippen molar-refractivity contribution in [3.63, 3.8) is 0 Å². The van der Waals surface area contributed by atoms with Crippen LogP contribution in [0.3, 0.4) is 0 Å². The second kappa shape index (κ2) is 8.48. The number of carboxylic acids is 1. The Kier molecular flexibility index (Phi) is 6.91. The maximum Gasteiger partial charge on any atom is 0.430 e. The zero-order valence-corrected chi connectivity index (χ0v) is 13.6. The number of nitrogen functional groups attached to an aromatic ring is 1. The van der Waals surface area contributed by atoms with Crippen LogP contribution in [-0.2, 0) is 21.5 Å². The van der Waals surface area contributed by atoms with Gasteiger partial charge < -0.3 is 15.6 Å². The molecule has 0 saturated carbocycles. The Labute approximate surface area is 144 Å². The van der Waals surface area contributed by atoms with Crippen molar-refractivity contribution in [1.29, 1.82) is 0 Å². The van der Waals surface area contributed by atoms with Crippen LogP contribution in [0, 0.1) is 0 Å². The summed E-state index contributed by atoms with van der Waals surface area (Å²) in [5.74, 6) is -2.60. The predicted molar refractivity (Wildman–Crippen MR) is 77.3 cm³/mol. The summed E-state index contributed by atoms with van der Waals surface area (Å²) in [6.45, 7) is 0.0664. The van der Waals surface area contributed by atoms with Crippen molar-refractivity contribution in [3.05, 3.63) is 30.7 Å². The first-order chi connectivity index (χ1) is 11.9. The summed E-state index contributed by atoms with van der Waals surface area (Å²) in [6, 6.07) is 3.26. The van der Waals surface area contributed by atoms with Gasteiger partial charge in [0.2, 0.25) is 0 Å². The van der Waals surface area contributed by atoms with Crippen molar-refractivity contribution in [2.24, 2.45) is 0 Å². The third kappa shape index (κ3) is 7.80. The van der Waals surface area contributed by atoms with Gasteiger partial charge in [-0.25, -0.2) is 9.97 Å². The Balaban J connectivity index is 0.000000412. The van der Waals surface area contributed by atoms with Gasteiger partial charge in [-0.05, 0) is 11.2 Å². The number of hydrogen-bond donors (Lipinski definition) is 2. The van der Waals surface area contributed by atoms with Crippen molar-refractivity contribution >= 4 is 21.9 Å². The molecule has 0 saturated heterocycles. The zero-order valence-electron chi connectivity index (χ0n) is 12.8. The minimum absolute atomic E-state index is 0.0664. The largest absolute Gasteiger partial charge is 0.542 e. The number of halogens is 3. The monoisotopic (exact) mass is 395 g/mol. The fourth-order valence-corrected chi connectivity index (χ4v) is 1.79. The lowest BCUT2D eigenvalue weighted by Crippen LogP contribution is -2.40. The number of carboxylic acid groups (broad SMARTS) is 1. The number of aromatic nitrogens is 4. The SMILES string of the molecule is Nc1ccnc(-c2cc[n+](CCS(=O)(=O)O)nc2)n1.O=C([O-])C(F)(F)F. The molecule has 142 valence electrons. The van der Waals surface area contributed by atoms with Gasteiger partial charge in [-0.3, -0.25) is 4.55 Å². The second-order valence-electron chi connectivity index (χ2n) is 4.56. The Morgan fingerprint density at radius 1 is 1.35 bits per heavy atom. The average molecular weight is 395 g/mol. The van der Waals surface area contributed by atoms with Gasteiger partial charge in [0.25, 0.3) is 10.1 Å². The Bertz CT molecular complexity index is 858. The van der Waals surface area contributed by atoms with E-state index in [4.69, 9.17) is 20.2 Å². The lowest BCUT2D eigenvalue weighted by atomic mass is 10.3. The summed E-state index contributed by atoms with van der Waals surface area (Å²) in [6.07, 6.45) is -0.580. The molecule has 2 aromatic rings. The molecule has 0 aliphatic heterocycles. The average Bonchev–Trinajstić information content (AvgIpc) is 2.52. The molecule has 2 aromatic heterocycles. The molecule has 0 radical (unpaired) electrons. The highest BCUT2D eigenvalue weighted by Crippen LogP contribution is 2.12. The smallest absolute Gasteiger partial charge is 0.430 e. The number of hydrogen-bond acceptors (Lipinski definition) is 8. The minimum Gasteiger partial charge on any atom is -0.542 e. The van der Waals surface area contributed by atoms with Crippen molar-refractivity contribution in [3.8, 4) is 11.4 Å². The van der Waals surface area contributed by atoms with Crippen molar-refractivity contribution < 1.29 is 40.7 Å². The van der Waals surface area contributed by atoms with E-state index in [0.717, 1.165) is 0 Å². The van der Waals surface area contributed by atoms with E-state index >= 15 is 0 Å². The molecular weight excluding hydrogens is 383 g/mol. The first-order valence-corrected chi connectivity index (χ1v) is 8.17. The summed E-state index contributed by atoms with van der Waals surface area (Å²) in [7, 11) is -3.99. The van der Waals surface area contributed by atoms with E-state index in [1.165, 1.54) is 17.1 Å². The molecule has 0 aromatic carbocycles. The Morgan fingerprint density at radius 2 is 1.96 bits per heavy atom. The van der Waals surface area contributed by atoms with Crippen LogP contribution in [0.2, 0.25) is 0 Å². The van der Waals surface area contributed by atoms with Gasteiger partial charge in [-0.15, -0.1) is 0 Å². The molecule has 10 nitrogen and oxygen atoms in total. The van der Waals surface area contributed by atoms with Crippen LogP contribution in [0.1, 0.15) is 0 Å². The van der Waals surface area contributed by atoms with Crippen LogP contribution in [0.4, 0.5) is 19.0 Å². The van der Waals surface area contributed by atoms with Crippen LogP contribution in [-0.4, -0.2) is 45.9 Å². The van der Waals surface area contributed by atoms with Crippen molar-refractivity contribution in [2.45, 2.75) is 12.7 Å². The summed E-state index contributed by atoms with van der Waals surface area (Å²) in [5, 5.41) is 12.8. The standard InChI is InChI=1S/C10H11N5O3S.C2HF3O2/c11-9-1-3-12-10(14-9)8-2-4-15(13-7-8)5-6-19(16,17)18;3-2(4,5)1(6)7/h1-4,7H,5-6H2,(H2-,11,12,14,16,17,18);(H,6,7). The molecule has 2 rings (SSSR count). The molecule has 0 spiro atoms. The molecule has 0 amide bonds. The molecule has 0 atom stereocenters. The minimum atomic E-state index is -5.19. The highest BCUT2D eigenvalue weighted by Gasteiger charge is 2.28. The molecular formula is C12H12F3N5O5S. The number of carbonyl (C=O) groups is 1. The summed E-state index contributed by atoms with van der Waals surface area (Å²) < 4.78 is 62.8. The molecule has 0 aliphatic rings. The number of rotatable bonds is 4. The number of carbonyl (C=O) groups excluding carboxylic acids is 1. The fourth-order valence-electron chi connectivity index (χ4n) is 1.37. The number of anilines is 1. The van der Waals surface area contributed by atoms with Crippen LogP contribution >= 0.6 is 0 Å². The van der Waals surface area contributed by atoms with Crippen LogP contribution in [0.15, 0.2) is 30.7 Å². The Hall–Kier alpha value is -2.87. The number of nitrogens with two attached hydrogens (primary N) is 1. The van der Waals surface area contributed by atoms with Crippen LogP contribution < -0.4 is 15.5 Å². The predicted octanol–water partition coefficient (Wildman–Crippen LogP) is -1.41. The van der Waals surface area contributed by atoms with Gasteiger partial charge in [0, 0.05) is 17.8 Å². The molecule has 26 heavy (non-hydrogen) atoms. The maximum atomic E-state index is 10.6. The van der Waals surface area contributed by atoms with E-state index in [1.54, 1.807) is 18.3 Å². The third-order valence-corrected chi connectivity index (χ3v) is 3.21. The fraction of sp³-hybridized carbons (Fsp3) is 0.250. The van der Waals surface area contributed by atoms with E-state index < -0.39 is 28.0 Å². The summed E-state index contributed by atoms with van der Waals surface area (Å²) in [5.41, 5.74) is 6.21. The molecule has 14 heteroatoms. The molecule has 0 unspecified atom stereocenters. The first-order valence-electron chi connectivity index (χ1n) is 6.56. The Morgan fingerprint density at radius 3 is 2.38 bits per heavy atom. The van der Waals surface area contributed by atoms with Gasteiger partial charge in [0.15, 0.2) is 18.6 Å². The molecule has 0 aliphatic carbocycles. The van der Waals surface area contributed by atoms with Gasteiger partial charge in [0.05, 0.1) is 0 Å². The number of alkyl halides is 3. The van der Waals surface area contributed by atoms with Gasteiger partial charge in [0.1, 0.15) is 23.7 Å². The van der Waals surface area contributed by atoms with E-state index in [1.807, 2.05) is 0 Å². The second-order valence-corrected chi connectivity index (χ2v) is 6.13. The lowest BCUT2D eigenvalue weighted by Gasteiger charge is -2.03. The number of nitrogens with zero attached hydrogens (tertiary/aromatic N) is 4. The van der Waals surface area contributed by atoms with Crippen molar-refractivity contribution in [1.82, 2.24) is 15.1 Å². The topological polar surface area (TPSA) is 163 Å². The highest BCUT2D eigenvalue weighted by atomic mass is 32.2. The van der Waals surface area contributed by atoms with E-state index in [-0.39, 0.29) is 6.54 Å². The third-order valence-electron chi connectivity index (χ3n) is 2.52. The molecule has 0 bridgehead atoms. The maximum absolute atomic E-state index is 10.6. The van der Waals surface area contributed by atoms with Gasteiger partial charge in [-0.2, -0.15) is 21.6 Å². The summed E-state index contributed by atoms with van der Waals surface area (Å²) in [4.78, 5) is 16.9. The van der Waals surface area contributed by atoms with Crippen molar-refractivity contribution in [2.75, 3.05) is 11.5 Å². The molecule has 0 fully saturated rings.